The van der Waals surface area contributed by atoms with Gasteiger partial charge < -0.3 is 9.31 Å². The van der Waals surface area contributed by atoms with E-state index in [-0.39, 0.29) is 5.46 Å². The molecule has 1 unspecified atom stereocenters. The van der Waals surface area contributed by atoms with Crippen LogP contribution in [0.2, 0.25) is 0 Å². The molecule has 1 aliphatic heterocycles. The van der Waals surface area contributed by atoms with E-state index in [0.717, 1.165) is 11.8 Å². The lowest BCUT2D eigenvalue weighted by molar-refractivity contribution is -0.474. The van der Waals surface area contributed by atoms with E-state index in [9.17, 15) is 92.2 Å². The molecule has 45 heavy (non-hydrogen) atoms. The zero-order chi connectivity index (χ0) is 35.7. The van der Waals surface area contributed by atoms with Gasteiger partial charge in [0.1, 0.15) is 0 Å². The van der Waals surface area contributed by atoms with Crippen molar-refractivity contribution in [1.82, 2.24) is 0 Å². The average Bonchev–Trinajstić information content (AvgIpc) is 3.34. The smallest absolute Gasteiger partial charge is 0.405 e. The Morgan fingerprint density at radius 3 is 1.42 bits per heavy atom. The van der Waals surface area contributed by atoms with E-state index >= 15 is 0 Å². The van der Waals surface area contributed by atoms with Crippen LogP contribution in [0.15, 0.2) is 29.2 Å². The predicted molar refractivity (Wildman–Crippen MR) is 110 cm³/mol. The molecule has 0 saturated carbocycles. The summed E-state index contributed by atoms with van der Waals surface area (Å²) in [6.07, 6.45) is -11.8. The largest absolute Gasteiger partial charge is 0.494 e. The van der Waals surface area contributed by atoms with Crippen molar-refractivity contribution in [3.8, 4) is 0 Å². The van der Waals surface area contributed by atoms with E-state index in [4.69, 9.17) is 9.31 Å². The van der Waals surface area contributed by atoms with Crippen LogP contribution in [-0.2, 0) is 9.31 Å². The lowest BCUT2D eigenvalue weighted by Gasteiger charge is -2.44. The Labute approximate surface area is 240 Å². The maximum atomic E-state index is 14.3. The summed E-state index contributed by atoms with van der Waals surface area (Å²) in [6.45, 7) is -1.22. The second-order valence-corrected chi connectivity index (χ2v) is 10.1. The number of alkyl halides is 21. The van der Waals surface area contributed by atoms with Gasteiger partial charge in [0.25, 0.3) is 0 Å². The topological polar surface area (TPSA) is 18.5 Å². The molecular formula is C20H12BF21O2S. The van der Waals surface area contributed by atoms with Crippen LogP contribution in [0.25, 0.3) is 0 Å². The molecule has 260 valence electrons. The van der Waals surface area contributed by atoms with Gasteiger partial charge in [-0.3, -0.25) is 0 Å². The summed E-state index contributed by atoms with van der Waals surface area (Å²) in [5.41, 5.74) is -0.0213. The molecule has 2 nitrogen and oxygen atoms in total. The molecule has 1 aromatic carbocycles. The highest BCUT2D eigenvalue weighted by molar-refractivity contribution is 7.98. The van der Waals surface area contributed by atoms with Gasteiger partial charge in [0.05, 0.1) is 12.7 Å². The Bertz CT molecular complexity index is 1220. The number of thioether (sulfide) groups is 1. The van der Waals surface area contributed by atoms with Crippen LogP contribution in [-0.4, -0.2) is 85.6 Å². The molecule has 0 amide bonds. The van der Waals surface area contributed by atoms with Crippen LogP contribution in [0.3, 0.4) is 0 Å². The van der Waals surface area contributed by atoms with E-state index in [1.807, 2.05) is 0 Å². The molecular weight excluding hydrogens is 714 g/mol. The highest BCUT2D eigenvalue weighted by Gasteiger charge is 2.97. The highest BCUT2D eigenvalue weighted by Crippen LogP contribution is 2.66. The number of hydrogen-bond acceptors (Lipinski definition) is 3. The van der Waals surface area contributed by atoms with Crippen molar-refractivity contribution in [3.05, 3.63) is 24.3 Å². The summed E-state index contributed by atoms with van der Waals surface area (Å²) in [5.74, 6) is -77.2. The second-order valence-electron chi connectivity index (χ2n) is 9.20. The van der Waals surface area contributed by atoms with Crippen molar-refractivity contribution in [3.63, 3.8) is 0 Å². The van der Waals surface area contributed by atoms with Crippen LogP contribution in [0, 0.1) is 0 Å². The monoisotopic (exact) mass is 726 g/mol. The van der Waals surface area contributed by atoms with Crippen LogP contribution >= 0.6 is 11.8 Å². The van der Waals surface area contributed by atoms with Crippen molar-refractivity contribution >= 4 is 24.3 Å². The average molecular weight is 726 g/mol. The molecule has 1 aliphatic rings. The summed E-state index contributed by atoms with van der Waals surface area (Å²) in [5, 5.41) is 0. The molecule has 25 heteroatoms. The number of halogens is 21. The molecule has 2 rings (SSSR count). The molecule has 0 spiro atoms. The van der Waals surface area contributed by atoms with Crippen molar-refractivity contribution < 1.29 is 102 Å². The molecule has 1 saturated heterocycles. The van der Waals surface area contributed by atoms with Crippen molar-refractivity contribution in [2.24, 2.45) is 0 Å². The first kappa shape index (κ1) is 39.3. The summed E-state index contributed by atoms with van der Waals surface area (Å²) >= 11 is 1.09. The lowest BCUT2D eigenvalue weighted by atomic mass is 9.79. The van der Waals surface area contributed by atoms with E-state index in [1.54, 1.807) is 6.26 Å². The molecule has 0 bridgehead atoms. The van der Waals surface area contributed by atoms with Crippen LogP contribution < -0.4 is 5.46 Å². The lowest BCUT2D eigenvalue weighted by Crippen LogP contribution is -2.76. The van der Waals surface area contributed by atoms with Gasteiger partial charge in [0, 0.05) is 11.3 Å². The van der Waals surface area contributed by atoms with Gasteiger partial charge in [-0.25, -0.2) is 0 Å². The Hall–Kier alpha value is -1.92. The van der Waals surface area contributed by atoms with Gasteiger partial charge in [-0.15, -0.1) is 11.8 Å². The minimum absolute atomic E-state index is 0.0213. The maximum Gasteiger partial charge on any atom is 0.494 e. The Balaban J connectivity index is 2.47. The minimum atomic E-state index is -9.20. The van der Waals surface area contributed by atoms with Crippen LogP contribution in [0.5, 0.6) is 0 Å². The quantitative estimate of drug-likeness (QED) is 0.123. The van der Waals surface area contributed by atoms with Gasteiger partial charge in [-0.05, 0) is 23.9 Å². The van der Waals surface area contributed by atoms with Crippen molar-refractivity contribution in [2.45, 2.75) is 76.9 Å². The van der Waals surface area contributed by atoms with Crippen LogP contribution in [0.1, 0.15) is 6.42 Å². The first-order valence-corrected chi connectivity index (χ1v) is 12.3. The fourth-order valence-corrected chi connectivity index (χ4v) is 3.99. The standard InChI is InChI=1S/C20H12BF21O2S/c1-45-10-4-2-3-8(5-10)21-43-7-9(44-21)6-11(22,23)12(24,25)13(26,27)14(28,29)15(30,31)16(32,33)17(34,35)18(36,37)19(38,39)20(40,41)42/h2-5,9H,6-7H2,1H3. The molecule has 1 fully saturated rings. The fraction of sp³-hybridized carbons (Fsp3) is 0.700. The van der Waals surface area contributed by atoms with E-state index in [0.29, 0.717) is 4.90 Å². The van der Waals surface area contributed by atoms with Crippen molar-refractivity contribution in [2.75, 3.05) is 12.9 Å². The van der Waals surface area contributed by atoms with Gasteiger partial charge in [-0.2, -0.15) is 92.2 Å². The molecule has 1 heterocycles. The Kier molecular flexibility index (Phi) is 9.91. The molecule has 1 aromatic rings. The normalized spacial score (nSPS) is 19.0. The third kappa shape index (κ3) is 5.68. The molecule has 0 radical (unpaired) electrons. The fourth-order valence-electron chi connectivity index (χ4n) is 3.52. The third-order valence-corrected chi connectivity index (χ3v) is 6.90. The van der Waals surface area contributed by atoms with Crippen LogP contribution in [0.4, 0.5) is 92.2 Å². The first-order valence-electron chi connectivity index (χ1n) is 11.1. The summed E-state index contributed by atoms with van der Waals surface area (Å²) in [4.78, 5) is 0.463. The summed E-state index contributed by atoms with van der Waals surface area (Å²) < 4.78 is 293. The van der Waals surface area contributed by atoms with E-state index in [2.05, 4.69) is 0 Å². The zero-order valence-electron chi connectivity index (χ0n) is 21.0. The van der Waals surface area contributed by atoms with E-state index in [1.165, 1.54) is 24.3 Å². The summed E-state index contributed by atoms with van der Waals surface area (Å²) in [6, 6.07) is 5.27. The molecule has 0 aromatic heterocycles. The number of benzene rings is 1. The minimum Gasteiger partial charge on any atom is -0.405 e. The van der Waals surface area contributed by atoms with Gasteiger partial charge in [-0.1, -0.05) is 12.1 Å². The van der Waals surface area contributed by atoms with Gasteiger partial charge >= 0.3 is 66.6 Å². The number of rotatable bonds is 12. The van der Waals surface area contributed by atoms with Gasteiger partial charge in [0.2, 0.25) is 0 Å². The summed E-state index contributed by atoms with van der Waals surface area (Å²) in [7, 11) is -1.71. The zero-order valence-corrected chi connectivity index (χ0v) is 21.9. The first-order chi connectivity index (χ1) is 19.7. The Morgan fingerprint density at radius 2 is 1.02 bits per heavy atom. The second kappa shape index (κ2) is 11.4. The maximum absolute atomic E-state index is 14.3. The highest BCUT2D eigenvalue weighted by atomic mass is 32.2. The molecule has 0 aliphatic carbocycles. The number of hydrogen-bond donors (Lipinski definition) is 0. The van der Waals surface area contributed by atoms with E-state index < -0.39 is 85.7 Å². The van der Waals surface area contributed by atoms with Gasteiger partial charge in [0.15, 0.2) is 0 Å². The molecule has 1 atom stereocenters. The van der Waals surface area contributed by atoms with Crippen molar-refractivity contribution in [1.29, 1.82) is 0 Å². The predicted octanol–water partition coefficient (Wildman–Crippen LogP) is 8.19. The Morgan fingerprint density at radius 1 is 0.622 bits per heavy atom. The third-order valence-electron chi connectivity index (χ3n) is 6.18. The molecule has 0 N–H and O–H groups in total. The SMILES string of the molecule is CSc1cccc(B2OCC(CC(F)(F)C(F)(F)C(F)(F)C(F)(F)C(F)(F)C(F)(F)C(F)(F)C(F)(F)C(F)(F)C(F)(F)F)O2)c1.